The number of rotatable bonds is 19. The van der Waals surface area contributed by atoms with Gasteiger partial charge in [0.2, 0.25) is 0 Å². The average molecular weight is 445 g/mol. The first-order valence-electron chi connectivity index (χ1n) is 13.2. The molecule has 3 nitrogen and oxygen atoms in total. The van der Waals surface area contributed by atoms with E-state index in [0.29, 0.717) is 0 Å². The molecule has 0 aromatic heterocycles. The summed E-state index contributed by atoms with van der Waals surface area (Å²) in [6.07, 6.45) is 12.8. The van der Waals surface area contributed by atoms with Crippen LogP contribution < -0.4 is 0 Å². The summed E-state index contributed by atoms with van der Waals surface area (Å²) >= 11 is 0. The maximum Gasteiger partial charge on any atom is 0.502 e. The van der Waals surface area contributed by atoms with Gasteiger partial charge in [0, 0.05) is 6.04 Å². The first kappa shape index (κ1) is 30.1. The molecular formula is C26H56O3Si. The highest BCUT2D eigenvalue weighted by Crippen LogP contribution is 2.40. The Balaban J connectivity index is 6.31. The van der Waals surface area contributed by atoms with Crippen molar-refractivity contribution in [1.82, 2.24) is 0 Å². The molecule has 3 unspecified atom stereocenters. The summed E-state index contributed by atoms with van der Waals surface area (Å²) in [6.45, 7) is 22.6. The van der Waals surface area contributed by atoms with Gasteiger partial charge in [-0.05, 0) is 58.8 Å². The molecule has 0 amide bonds. The summed E-state index contributed by atoms with van der Waals surface area (Å²) < 4.78 is 21.5. The van der Waals surface area contributed by atoms with E-state index >= 15 is 0 Å². The SMILES string of the molecule is CCCCC(C)(CC)O[Si](CCC)(OC(C)(CC)CCC)OC(CC)(CC)CCC. The molecule has 0 saturated carbocycles. The van der Waals surface area contributed by atoms with Gasteiger partial charge in [-0.2, -0.15) is 0 Å². The maximum absolute atomic E-state index is 7.22. The lowest BCUT2D eigenvalue weighted by atomic mass is 9.92. The van der Waals surface area contributed by atoms with E-state index < -0.39 is 8.80 Å². The minimum Gasteiger partial charge on any atom is -0.368 e. The summed E-state index contributed by atoms with van der Waals surface area (Å²) in [5.41, 5.74) is -0.511. The number of unbranched alkanes of at least 4 members (excludes halogenated alkanes) is 1. The number of hydrogen-bond donors (Lipinski definition) is 0. The van der Waals surface area contributed by atoms with Crippen molar-refractivity contribution in [1.29, 1.82) is 0 Å². The predicted octanol–water partition coefficient (Wildman–Crippen LogP) is 9.07. The van der Waals surface area contributed by atoms with Gasteiger partial charge in [-0.15, -0.1) is 0 Å². The molecule has 0 saturated heterocycles. The number of hydrogen-bond acceptors (Lipinski definition) is 3. The van der Waals surface area contributed by atoms with Gasteiger partial charge in [0.25, 0.3) is 0 Å². The molecular weight excluding hydrogens is 388 g/mol. The average Bonchev–Trinajstić information content (AvgIpc) is 2.72. The van der Waals surface area contributed by atoms with E-state index in [2.05, 4.69) is 69.2 Å². The van der Waals surface area contributed by atoms with E-state index in [9.17, 15) is 0 Å². The third-order valence-electron chi connectivity index (χ3n) is 7.06. The summed E-state index contributed by atoms with van der Waals surface area (Å²) in [6, 6.07) is 0.902. The fraction of sp³-hybridized carbons (Fsp3) is 1.00. The molecule has 0 heterocycles. The van der Waals surface area contributed by atoms with E-state index in [1.54, 1.807) is 0 Å². The highest BCUT2D eigenvalue weighted by atomic mass is 28.4. The monoisotopic (exact) mass is 444 g/mol. The molecule has 0 N–H and O–H groups in total. The maximum atomic E-state index is 7.22. The van der Waals surface area contributed by atoms with Gasteiger partial charge in [0.15, 0.2) is 0 Å². The molecule has 0 aromatic rings. The topological polar surface area (TPSA) is 27.7 Å². The lowest BCUT2D eigenvalue weighted by Gasteiger charge is -2.48. The van der Waals surface area contributed by atoms with Crippen LogP contribution in [0.4, 0.5) is 0 Å². The molecule has 182 valence electrons. The zero-order valence-electron chi connectivity index (χ0n) is 22.4. The molecule has 4 heteroatoms. The van der Waals surface area contributed by atoms with E-state index in [1.807, 2.05) is 0 Å². The van der Waals surface area contributed by atoms with Crippen LogP contribution in [0.3, 0.4) is 0 Å². The molecule has 0 spiro atoms. The fourth-order valence-corrected chi connectivity index (χ4v) is 8.63. The Morgan fingerprint density at radius 2 is 1.03 bits per heavy atom. The van der Waals surface area contributed by atoms with Crippen LogP contribution in [0.25, 0.3) is 0 Å². The van der Waals surface area contributed by atoms with Crippen molar-refractivity contribution < 1.29 is 13.3 Å². The zero-order valence-corrected chi connectivity index (χ0v) is 23.4. The predicted molar refractivity (Wildman–Crippen MR) is 134 cm³/mol. The lowest BCUT2D eigenvalue weighted by molar-refractivity contribution is -0.115. The standard InChI is InChI=1S/C26H56O3Si/c1-11-19-22-25(10,16-6)28-30(23-14-4,27-24(9,15-5)20-12-2)29-26(17-7,18-8)21-13-3/h11-23H2,1-10H3. The van der Waals surface area contributed by atoms with E-state index in [1.165, 1.54) is 12.8 Å². The van der Waals surface area contributed by atoms with Crippen molar-refractivity contribution in [2.45, 2.75) is 169 Å². The fourth-order valence-electron chi connectivity index (χ4n) is 4.54. The van der Waals surface area contributed by atoms with Crippen molar-refractivity contribution >= 4 is 8.80 Å². The zero-order chi connectivity index (χ0) is 23.3. The molecule has 0 aliphatic carbocycles. The normalized spacial score (nSPS) is 18.6. The van der Waals surface area contributed by atoms with Crippen LogP contribution in [-0.2, 0) is 13.3 Å². The first-order chi connectivity index (χ1) is 14.1. The Labute approximate surface area is 191 Å². The van der Waals surface area contributed by atoms with Crippen molar-refractivity contribution in [3.8, 4) is 0 Å². The second-order valence-corrected chi connectivity index (χ2v) is 12.3. The van der Waals surface area contributed by atoms with Crippen molar-refractivity contribution in [3.63, 3.8) is 0 Å². The Bertz CT molecular complexity index is 440. The highest BCUT2D eigenvalue weighted by molar-refractivity contribution is 6.61. The molecule has 0 rings (SSSR count). The van der Waals surface area contributed by atoms with Gasteiger partial charge in [-0.1, -0.05) is 87.5 Å². The van der Waals surface area contributed by atoms with Gasteiger partial charge < -0.3 is 13.3 Å². The Morgan fingerprint density at radius 3 is 1.40 bits per heavy atom. The van der Waals surface area contributed by atoms with Crippen molar-refractivity contribution in [2.24, 2.45) is 0 Å². The molecule has 3 atom stereocenters. The van der Waals surface area contributed by atoms with Gasteiger partial charge in [0.05, 0.1) is 16.8 Å². The van der Waals surface area contributed by atoms with E-state index in [0.717, 1.165) is 70.3 Å². The van der Waals surface area contributed by atoms with Crippen LogP contribution in [-0.4, -0.2) is 25.6 Å². The Hall–Kier alpha value is 0.0969. The quantitative estimate of drug-likeness (QED) is 0.186. The van der Waals surface area contributed by atoms with E-state index in [4.69, 9.17) is 13.3 Å². The van der Waals surface area contributed by atoms with Crippen LogP contribution in [0.15, 0.2) is 0 Å². The molecule has 0 bridgehead atoms. The minimum absolute atomic E-state index is 0.142. The second-order valence-electron chi connectivity index (χ2n) is 9.84. The molecule has 0 fully saturated rings. The Morgan fingerprint density at radius 1 is 0.533 bits per heavy atom. The Kier molecular flexibility index (Phi) is 14.3. The molecule has 0 radical (unpaired) electrons. The largest absolute Gasteiger partial charge is 0.502 e. The highest BCUT2D eigenvalue weighted by Gasteiger charge is 2.53. The van der Waals surface area contributed by atoms with Gasteiger partial charge in [-0.25, -0.2) is 0 Å². The van der Waals surface area contributed by atoms with Gasteiger partial charge in [0.1, 0.15) is 0 Å². The third kappa shape index (κ3) is 9.30. The van der Waals surface area contributed by atoms with Gasteiger partial charge in [-0.3, -0.25) is 0 Å². The first-order valence-corrected chi connectivity index (χ1v) is 15.1. The van der Waals surface area contributed by atoms with Crippen molar-refractivity contribution in [3.05, 3.63) is 0 Å². The second kappa shape index (κ2) is 14.3. The van der Waals surface area contributed by atoms with Crippen LogP contribution >= 0.6 is 0 Å². The summed E-state index contributed by atoms with van der Waals surface area (Å²) in [5.74, 6) is 0. The van der Waals surface area contributed by atoms with Crippen LogP contribution in [0.5, 0.6) is 0 Å². The van der Waals surface area contributed by atoms with E-state index in [-0.39, 0.29) is 16.8 Å². The minimum atomic E-state index is -2.91. The molecule has 0 aliphatic heterocycles. The summed E-state index contributed by atoms with van der Waals surface area (Å²) in [7, 11) is -2.91. The molecule has 0 aliphatic rings. The van der Waals surface area contributed by atoms with Crippen LogP contribution in [0.1, 0.15) is 146 Å². The van der Waals surface area contributed by atoms with Gasteiger partial charge >= 0.3 is 8.80 Å². The van der Waals surface area contributed by atoms with Crippen LogP contribution in [0, 0.1) is 0 Å². The molecule has 0 aromatic carbocycles. The smallest absolute Gasteiger partial charge is 0.368 e. The third-order valence-corrected chi connectivity index (χ3v) is 10.5. The summed E-state index contributed by atoms with van der Waals surface area (Å²) in [4.78, 5) is 0. The molecule has 30 heavy (non-hydrogen) atoms. The van der Waals surface area contributed by atoms with Crippen LogP contribution in [0.2, 0.25) is 6.04 Å². The summed E-state index contributed by atoms with van der Waals surface area (Å²) in [5, 5.41) is 0. The van der Waals surface area contributed by atoms with Crippen molar-refractivity contribution in [2.75, 3.05) is 0 Å². The lowest BCUT2D eigenvalue weighted by Crippen LogP contribution is -2.60.